The molecule has 1 aliphatic carbocycles. The molecule has 0 saturated heterocycles. The van der Waals surface area contributed by atoms with Gasteiger partial charge in [0.25, 0.3) is 5.91 Å². The van der Waals surface area contributed by atoms with E-state index in [1.807, 2.05) is 12.1 Å². The SMILES string of the molecule is CC1(C)CCC(C)(C)c2cc(C(=O)Nc3ccc(C(F)(F)C(=O)NO)cc3)ccc21. The number of nitrogens with one attached hydrogen (secondary N) is 2. The molecule has 3 N–H and O–H groups in total. The first-order chi connectivity index (χ1) is 13.9. The van der Waals surface area contributed by atoms with Crippen molar-refractivity contribution in [2.75, 3.05) is 5.32 Å². The molecule has 30 heavy (non-hydrogen) atoms. The molecule has 1 aliphatic rings. The molecular weight excluding hydrogens is 390 g/mol. The molecule has 0 heterocycles. The van der Waals surface area contributed by atoms with E-state index in [0.29, 0.717) is 11.3 Å². The molecule has 2 aromatic carbocycles. The Morgan fingerprint density at radius 1 is 0.933 bits per heavy atom. The van der Waals surface area contributed by atoms with E-state index in [4.69, 9.17) is 5.21 Å². The second kappa shape index (κ2) is 7.47. The van der Waals surface area contributed by atoms with Gasteiger partial charge in [0.15, 0.2) is 0 Å². The van der Waals surface area contributed by atoms with Gasteiger partial charge in [0, 0.05) is 16.8 Å². The molecule has 0 aliphatic heterocycles. The van der Waals surface area contributed by atoms with Crippen LogP contribution in [0.4, 0.5) is 14.5 Å². The van der Waals surface area contributed by atoms with Gasteiger partial charge >= 0.3 is 11.8 Å². The number of rotatable bonds is 4. The fraction of sp³-hybridized carbons (Fsp3) is 0.391. The van der Waals surface area contributed by atoms with Crippen molar-refractivity contribution in [1.29, 1.82) is 0 Å². The molecule has 2 aromatic rings. The molecule has 0 atom stereocenters. The van der Waals surface area contributed by atoms with Crippen LogP contribution in [0.3, 0.4) is 0 Å². The molecular formula is C23H26F2N2O3. The van der Waals surface area contributed by atoms with Crippen molar-refractivity contribution in [3.8, 4) is 0 Å². The molecule has 3 rings (SSSR count). The molecule has 0 fully saturated rings. The van der Waals surface area contributed by atoms with Gasteiger partial charge in [0.05, 0.1) is 0 Å². The van der Waals surface area contributed by atoms with Gasteiger partial charge in [0.1, 0.15) is 0 Å². The fourth-order valence-corrected chi connectivity index (χ4v) is 3.90. The highest BCUT2D eigenvalue weighted by molar-refractivity contribution is 6.04. The lowest BCUT2D eigenvalue weighted by Crippen LogP contribution is -2.36. The van der Waals surface area contributed by atoms with Crippen LogP contribution in [-0.4, -0.2) is 17.0 Å². The first-order valence-electron chi connectivity index (χ1n) is 9.78. The smallest absolute Gasteiger partial charge is 0.322 e. The van der Waals surface area contributed by atoms with E-state index in [-0.39, 0.29) is 16.7 Å². The predicted octanol–water partition coefficient (Wildman–Crippen LogP) is 4.89. The summed E-state index contributed by atoms with van der Waals surface area (Å²) in [7, 11) is 0. The molecule has 0 bridgehead atoms. The van der Waals surface area contributed by atoms with Gasteiger partial charge < -0.3 is 5.32 Å². The van der Waals surface area contributed by atoms with Crippen molar-refractivity contribution in [2.45, 2.75) is 57.3 Å². The first-order valence-corrected chi connectivity index (χ1v) is 9.78. The molecule has 7 heteroatoms. The summed E-state index contributed by atoms with van der Waals surface area (Å²) in [5.74, 6) is -6.04. The van der Waals surface area contributed by atoms with E-state index < -0.39 is 17.4 Å². The van der Waals surface area contributed by atoms with Crippen molar-refractivity contribution >= 4 is 17.5 Å². The van der Waals surface area contributed by atoms with Crippen molar-refractivity contribution < 1.29 is 23.6 Å². The zero-order valence-corrected chi connectivity index (χ0v) is 17.5. The molecule has 0 aromatic heterocycles. The van der Waals surface area contributed by atoms with Crippen molar-refractivity contribution in [1.82, 2.24) is 5.48 Å². The molecule has 160 valence electrons. The summed E-state index contributed by atoms with van der Waals surface area (Å²) in [6, 6.07) is 10.3. The van der Waals surface area contributed by atoms with Gasteiger partial charge in [-0.05, 0) is 59.1 Å². The van der Waals surface area contributed by atoms with Crippen LogP contribution in [0.15, 0.2) is 42.5 Å². The number of fused-ring (bicyclic) bond motifs is 1. The fourth-order valence-electron chi connectivity index (χ4n) is 3.90. The van der Waals surface area contributed by atoms with Gasteiger partial charge in [-0.15, -0.1) is 0 Å². The largest absolute Gasteiger partial charge is 0.351 e. The Morgan fingerprint density at radius 3 is 2.07 bits per heavy atom. The van der Waals surface area contributed by atoms with Crippen molar-refractivity contribution in [3.05, 3.63) is 64.7 Å². The predicted molar refractivity (Wildman–Crippen MR) is 110 cm³/mol. The lowest BCUT2D eigenvalue weighted by atomic mass is 9.63. The average Bonchev–Trinajstić information content (AvgIpc) is 2.71. The second-order valence-electron chi connectivity index (χ2n) is 9.07. The summed E-state index contributed by atoms with van der Waals surface area (Å²) in [6.45, 7) is 8.75. The number of carbonyl (C=O) groups excluding carboxylic acids is 2. The molecule has 0 unspecified atom stereocenters. The molecule has 0 saturated carbocycles. The van der Waals surface area contributed by atoms with Gasteiger partial charge in [-0.3, -0.25) is 14.8 Å². The van der Waals surface area contributed by atoms with Crippen LogP contribution >= 0.6 is 0 Å². The highest BCUT2D eigenvalue weighted by Crippen LogP contribution is 2.45. The summed E-state index contributed by atoms with van der Waals surface area (Å²) >= 11 is 0. The maximum absolute atomic E-state index is 13.8. The van der Waals surface area contributed by atoms with Gasteiger partial charge in [-0.1, -0.05) is 45.9 Å². The Hall–Kier alpha value is -2.80. The van der Waals surface area contributed by atoms with E-state index in [0.717, 1.165) is 36.0 Å². The molecule has 2 amide bonds. The average molecular weight is 416 g/mol. The lowest BCUT2D eigenvalue weighted by molar-refractivity contribution is -0.156. The summed E-state index contributed by atoms with van der Waals surface area (Å²) in [5.41, 5.74) is 3.57. The normalized spacial score (nSPS) is 17.0. The number of hydroxylamine groups is 1. The third-order valence-corrected chi connectivity index (χ3v) is 6.01. The number of hydrogen-bond donors (Lipinski definition) is 3. The Bertz CT molecular complexity index is 982. The zero-order chi connectivity index (χ0) is 22.3. The standard InChI is InChI=1S/C23H26F2N2O3/c1-21(2)11-12-22(3,4)18-13-14(5-10-17(18)21)19(28)26-16-8-6-15(7-9-16)23(24,25)20(29)27-30/h5-10,13,30H,11-12H2,1-4H3,(H,26,28)(H,27,29). The maximum Gasteiger partial charge on any atom is 0.351 e. The Morgan fingerprint density at radius 2 is 1.50 bits per heavy atom. The summed E-state index contributed by atoms with van der Waals surface area (Å²) in [5, 5.41) is 11.1. The van der Waals surface area contributed by atoms with E-state index in [2.05, 4.69) is 33.0 Å². The Kier molecular flexibility index (Phi) is 5.45. The Labute approximate surface area is 174 Å². The third-order valence-electron chi connectivity index (χ3n) is 6.01. The van der Waals surface area contributed by atoms with E-state index in [1.165, 1.54) is 17.7 Å². The Balaban J connectivity index is 1.83. The van der Waals surface area contributed by atoms with Crippen LogP contribution in [0, 0.1) is 0 Å². The van der Waals surface area contributed by atoms with Crippen LogP contribution < -0.4 is 10.8 Å². The third kappa shape index (κ3) is 3.94. The second-order valence-corrected chi connectivity index (χ2v) is 9.07. The van der Waals surface area contributed by atoms with E-state index in [1.54, 1.807) is 6.07 Å². The number of benzene rings is 2. The van der Waals surface area contributed by atoms with Crippen LogP contribution in [0.5, 0.6) is 0 Å². The monoisotopic (exact) mass is 416 g/mol. The minimum Gasteiger partial charge on any atom is -0.322 e. The molecule has 0 spiro atoms. The maximum atomic E-state index is 13.8. The number of alkyl halides is 2. The number of amides is 2. The van der Waals surface area contributed by atoms with Crippen LogP contribution in [0.25, 0.3) is 0 Å². The lowest BCUT2D eigenvalue weighted by Gasteiger charge is -2.42. The number of carbonyl (C=O) groups is 2. The molecule has 0 radical (unpaired) electrons. The summed E-state index contributed by atoms with van der Waals surface area (Å²) in [4.78, 5) is 23.9. The van der Waals surface area contributed by atoms with E-state index in [9.17, 15) is 18.4 Å². The topological polar surface area (TPSA) is 78.4 Å². The molecule has 5 nitrogen and oxygen atoms in total. The van der Waals surface area contributed by atoms with Crippen LogP contribution in [0.2, 0.25) is 0 Å². The quantitative estimate of drug-likeness (QED) is 0.491. The van der Waals surface area contributed by atoms with Crippen LogP contribution in [0.1, 0.15) is 67.6 Å². The highest BCUT2D eigenvalue weighted by atomic mass is 19.3. The van der Waals surface area contributed by atoms with Gasteiger partial charge in [-0.25, -0.2) is 5.48 Å². The highest BCUT2D eigenvalue weighted by Gasteiger charge is 2.41. The van der Waals surface area contributed by atoms with Gasteiger partial charge in [-0.2, -0.15) is 8.78 Å². The number of halogens is 2. The number of hydrogen-bond acceptors (Lipinski definition) is 3. The van der Waals surface area contributed by atoms with Crippen molar-refractivity contribution in [2.24, 2.45) is 0 Å². The van der Waals surface area contributed by atoms with E-state index >= 15 is 0 Å². The van der Waals surface area contributed by atoms with Crippen LogP contribution in [-0.2, 0) is 21.5 Å². The first kappa shape index (κ1) is 21.9. The van der Waals surface area contributed by atoms with Crippen molar-refractivity contribution in [3.63, 3.8) is 0 Å². The zero-order valence-electron chi connectivity index (χ0n) is 17.5. The summed E-state index contributed by atoms with van der Waals surface area (Å²) in [6.07, 6.45) is 2.10. The summed E-state index contributed by atoms with van der Waals surface area (Å²) < 4.78 is 27.7. The van der Waals surface area contributed by atoms with Gasteiger partial charge in [0.2, 0.25) is 0 Å². The number of anilines is 1. The minimum absolute atomic E-state index is 0.0400. The minimum atomic E-state index is -3.88.